The van der Waals surface area contributed by atoms with Crippen molar-refractivity contribution in [3.63, 3.8) is 0 Å². The number of nitrogens with one attached hydrogen (secondary N) is 2. The summed E-state index contributed by atoms with van der Waals surface area (Å²) < 4.78 is 0. The Hall–Kier alpha value is -1.93. The normalized spacial score (nSPS) is 20.8. The molecule has 2 saturated heterocycles. The van der Waals surface area contributed by atoms with Crippen molar-refractivity contribution >= 4 is 34.9 Å². The zero-order valence-electron chi connectivity index (χ0n) is 12.9. The Morgan fingerprint density at radius 1 is 1.39 bits per heavy atom. The number of anilines is 1. The number of amides is 2. The first-order valence-corrected chi connectivity index (χ1v) is 8.43. The molecular weight excluding hydrogens is 314 g/mol. The van der Waals surface area contributed by atoms with Crippen LogP contribution in [-0.2, 0) is 4.79 Å². The Balaban J connectivity index is 1.70. The summed E-state index contributed by atoms with van der Waals surface area (Å²) in [5, 5.41) is 5.25. The Kier molecular flexibility index (Phi) is 4.92. The summed E-state index contributed by atoms with van der Waals surface area (Å²) >= 11 is 0.892. The first-order valence-electron chi connectivity index (χ1n) is 7.61. The van der Waals surface area contributed by atoms with Crippen LogP contribution in [0.4, 0.5) is 10.7 Å². The predicted octanol–water partition coefficient (Wildman–Crippen LogP) is 1.24. The van der Waals surface area contributed by atoms with E-state index in [9.17, 15) is 9.59 Å². The molecule has 0 radical (unpaired) electrons. The summed E-state index contributed by atoms with van der Waals surface area (Å²) in [6.45, 7) is 3.03. The number of aromatic nitrogens is 2. The third kappa shape index (κ3) is 4.08. The molecule has 2 fully saturated rings. The van der Waals surface area contributed by atoms with Crippen molar-refractivity contribution in [2.45, 2.75) is 12.8 Å². The summed E-state index contributed by atoms with van der Waals surface area (Å²) in [5.74, 6) is 0.900. The third-order valence-electron chi connectivity index (χ3n) is 3.92. The van der Waals surface area contributed by atoms with E-state index in [2.05, 4.69) is 20.6 Å². The minimum atomic E-state index is -0.372. The van der Waals surface area contributed by atoms with Gasteiger partial charge in [-0.1, -0.05) is 0 Å². The van der Waals surface area contributed by atoms with Gasteiger partial charge in [-0.15, -0.1) is 0 Å². The van der Waals surface area contributed by atoms with E-state index in [0.29, 0.717) is 22.5 Å². The molecule has 122 valence electrons. The van der Waals surface area contributed by atoms with E-state index in [4.69, 9.17) is 0 Å². The minimum absolute atomic E-state index is 0.349. The molecule has 7 nitrogen and oxygen atoms in total. The maximum atomic E-state index is 11.6. The molecule has 3 heterocycles. The van der Waals surface area contributed by atoms with Gasteiger partial charge in [-0.3, -0.25) is 14.9 Å². The molecule has 0 bridgehead atoms. The van der Waals surface area contributed by atoms with Gasteiger partial charge in [0.1, 0.15) is 0 Å². The first kappa shape index (κ1) is 15.9. The van der Waals surface area contributed by atoms with E-state index >= 15 is 0 Å². The van der Waals surface area contributed by atoms with Crippen LogP contribution in [0.15, 0.2) is 17.2 Å². The molecule has 1 aromatic heterocycles. The SMILES string of the molecule is CN(CC1CCNCC1)c1nccc(/C=C2\SC(=O)NC2=O)n1. The molecule has 2 aliphatic heterocycles. The molecule has 0 spiro atoms. The number of hydrogen-bond donors (Lipinski definition) is 2. The highest BCUT2D eigenvalue weighted by atomic mass is 32.2. The van der Waals surface area contributed by atoms with Crippen LogP contribution in [0.3, 0.4) is 0 Å². The lowest BCUT2D eigenvalue weighted by molar-refractivity contribution is -0.115. The maximum absolute atomic E-state index is 11.6. The van der Waals surface area contributed by atoms with Crippen molar-refractivity contribution in [1.29, 1.82) is 0 Å². The molecule has 2 N–H and O–H groups in total. The fourth-order valence-electron chi connectivity index (χ4n) is 2.71. The monoisotopic (exact) mass is 333 g/mol. The third-order valence-corrected chi connectivity index (χ3v) is 4.73. The molecule has 1 aromatic rings. The Morgan fingerprint density at radius 2 is 2.17 bits per heavy atom. The van der Waals surface area contributed by atoms with Crippen LogP contribution in [0.2, 0.25) is 0 Å². The molecule has 0 aromatic carbocycles. The van der Waals surface area contributed by atoms with Crippen LogP contribution in [0, 0.1) is 5.92 Å². The molecule has 2 aliphatic rings. The predicted molar refractivity (Wildman–Crippen MR) is 90.0 cm³/mol. The maximum Gasteiger partial charge on any atom is 0.290 e. The number of rotatable bonds is 4. The van der Waals surface area contributed by atoms with Crippen molar-refractivity contribution in [1.82, 2.24) is 20.6 Å². The largest absolute Gasteiger partial charge is 0.344 e. The van der Waals surface area contributed by atoms with E-state index in [1.807, 2.05) is 11.9 Å². The lowest BCUT2D eigenvalue weighted by Crippen LogP contribution is -2.35. The van der Waals surface area contributed by atoms with Gasteiger partial charge in [0, 0.05) is 19.8 Å². The molecule has 8 heteroatoms. The molecule has 0 unspecified atom stereocenters. The fraction of sp³-hybridized carbons (Fsp3) is 0.467. The van der Waals surface area contributed by atoms with Crippen LogP contribution < -0.4 is 15.5 Å². The lowest BCUT2D eigenvalue weighted by Gasteiger charge is -2.27. The molecule has 0 saturated carbocycles. The van der Waals surface area contributed by atoms with Crippen molar-refractivity contribution < 1.29 is 9.59 Å². The molecule has 2 amide bonds. The Morgan fingerprint density at radius 3 is 2.87 bits per heavy atom. The number of hydrogen-bond acceptors (Lipinski definition) is 7. The second-order valence-electron chi connectivity index (χ2n) is 5.71. The van der Waals surface area contributed by atoms with E-state index < -0.39 is 0 Å². The zero-order valence-corrected chi connectivity index (χ0v) is 13.7. The van der Waals surface area contributed by atoms with Crippen LogP contribution >= 0.6 is 11.8 Å². The van der Waals surface area contributed by atoms with Crippen LogP contribution in [0.25, 0.3) is 6.08 Å². The van der Waals surface area contributed by atoms with Gasteiger partial charge in [0.2, 0.25) is 5.95 Å². The molecule has 0 aliphatic carbocycles. The van der Waals surface area contributed by atoms with Gasteiger partial charge in [0.25, 0.3) is 11.1 Å². The number of carbonyl (C=O) groups excluding carboxylic acids is 2. The van der Waals surface area contributed by atoms with Gasteiger partial charge in [0.05, 0.1) is 10.6 Å². The molecule has 0 atom stereocenters. The van der Waals surface area contributed by atoms with Gasteiger partial charge in [-0.25, -0.2) is 9.97 Å². The van der Waals surface area contributed by atoms with Crippen molar-refractivity contribution in [3.05, 3.63) is 22.9 Å². The van der Waals surface area contributed by atoms with Crippen LogP contribution in [-0.4, -0.2) is 47.8 Å². The first-order chi connectivity index (χ1) is 11.1. The highest BCUT2D eigenvalue weighted by Crippen LogP contribution is 2.25. The summed E-state index contributed by atoms with van der Waals surface area (Å²) in [4.78, 5) is 34.0. The number of piperidine rings is 1. The number of carbonyl (C=O) groups is 2. The number of imide groups is 1. The second kappa shape index (κ2) is 7.10. The Labute approximate surface area is 138 Å². The summed E-state index contributed by atoms with van der Waals surface area (Å²) in [6.07, 6.45) is 5.61. The lowest BCUT2D eigenvalue weighted by atomic mass is 9.98. The fourth-order valence-corrected chi connectivity index (χ4v) is 3.38. The van der Waals surface area contributed by atoms with Crippen LogP contribution in [0.1, 0.15) is 18.5 Å². The zero-order chi connectivity index (χ0) is 16.2. The van der Waals surface area contributed by atoms with Gasteiger partial charge in [-0.2, -0.15) is 0 Å². The van der Waals surface area contributed by atoms with Crippen molar-refractivity contribution in [2.75, 3.05) is 31.6 Å². The standard InChI is InChI=1S/C15H19N5O2S/c1-20(9-10-2-5-16-6-3-10)14-17-7-4-11(18-14)8-12-13(21)19-15(22)23-12/h4,7-8,10,16H,2-3,5-6,9H2,1H3,(H,19,21,22)/b12-8-. The van der Waals surface area contributed by atoms with Gasteiger partial charge in [0.15, 0.2) is 0 Å². The smallest absolute Gasteiger partial charge is 0.290 e. The number of thioether (sulfide) groups is 1. The van der Waals surface area contributed by atoms with E-state index in [1.165, 1.54) is 0 Å². The summed E-state index contributed by atoms with van der Waals surface area (Å²) in [7, 11) is 1.98. The van der Waals surface area contributed by atoms with Crippen molar-refractivity contribution in [3.8, 4) is 0 Å². The van der Waals surface area contributed by atoms with Gasteiger partial charge >= 0.3 is 0 Å². The molecular formula is C15H19N5O2S. The van der Waals surface area contributed by atoms with Crippen molar-refractivity contribution in [2.24, 2.45) is 5.92 Å². The summed E-state index contributed by atoms with van der Waals surface area (Å²) in [6, 6.07) is 1.73. The quantitative estimate of drug-likeness (QED) is 0.802. The van der Waals surface area contributed by atoms with Gasteiger partial charge < -0.3 is 10.2 Å². The topological polar surface area (TPSA) is 87.2 Å². The highest BCUT2D eigenvalue weighted by molar-refractivity contribution is 8.18. The van der Waals surface area contributed by atoms with Crippen LogP contribution in [0.5, 0.6) is 0 Å². The Bertz CT molecular complexity index is 643. The van der Waals surface area contributed by atoms with E-state index in [0.717, 1.165) is 44.2 Å². The minimum Gasteiger partial charge on any atom is -0.344 e. The summed E-state index contributed by atoms with van der Waals surface area (Å²) in [5.41, 5.74) is 0.625. The second-order valence-corrected chi connectivity index (χ2v) is 6.72. The molecule has 23 heavy (non-hydrogen) atoms. The highest BCUT2D eigenvalue weighted by Gasteiger charge is 2.25. The average Bonchev–Trinajstić information content (AvgIpc) is 2.86. The van der Waals surface area contributed by atoms with E-state index in [-0.39, 0.29) is 11.1 Å². The average molecular weight is 333 g/mol. The van der Waals surface area contributed by atoms with Gasteiger partial charge in [-0.05, 0) is 55.8 Å². The molecule has 3 rings (SSSR count). The van der Waals surface area contributed by atoms with E-state index in [1.54, 1.807) is 18.3 Å². The number of nitrogens with zero attached hydrogens (tertiary/aromatic N) is 3.